The fourth-order valence-corrected chi connectivity index (χ4v) is 6.02. The third-order valence-electron chi connectivity index (χ3n) is 10.5. The van der Waals surface area contributed by atoms with E-state index in [1.165, 1.54) is 155 Å². The number of phenolic OH excluding ortho intramolecular Hbond substituents is 1. The molecule has 0 spiro atoms. The molecular weight excluding hydrogens is 918 g/mol. The Morgan fingerprint density at radius 2 is 1.10 bits per heavy atom. The number of carbonyl (C=O) groups is 2. The number of unbranched alkanes of at least 4 members (excludes halogenated alkanes) is 4. The Bertz CT molecular complexity index is 1290. The van der Waals surface area contributed by atoms with E-state index >= 15 is 0 Å². The number of rotatable bonds is 15. The van der Waals surface area contributed by atoms with Crippen LogP contribution in [0.5, 0.6) is 5.75 Å². The van der Waals surface area contributed by atoms with Crippen LogP contribution in [0.15, 0.2) is 36.4 Å². The summed E-state index contributed by atoms with van der Waals surface area (Å²) in [6, 6.07) is 10.1. The van der Waals surface area contributed by atoms with Crippen molar-refractivity contribution in [1.82, 2.24) is 4.90 Å². The summed E-state index contributed by atoms with van der Waals surface area (Å²) in [6.07, 6.45) is 23.0. The second-order valence-electron chi connectivity index (χ2n) is 19.3. The molecule has 1 saturated heterocycles. The number of alkyl halides is 3. The van der Waals surface area contributed by atoms with Gasteiger partial charge in [0.2, 0.25) is 6.41 Å². The summed E-state index contributed by atoms with van der Waals surface area (Å²) in [7, 11) is 3.22. The van der Waals surface area contributed by atoms with E-state index < -0.39 is 17.5 Å². The number of likely N-dealkylation sites (tertiary alicyclic amines) is 1. The highest BCUT2D eigenvalue weighted by Gasteiger charge is 2.34. The Balaban J connectivity index is -0.0000000917. The van der Waals surface area contributed by atoms with E-state index in [-0.39, 0.29) is 5.56 Å². The van der Waals surface area contributed by atoms with Gasteiger partial charge in [-0.2, -0.15) is 13.2 Å². The molecule has 6 nitrogen and oxygen atoms in total. The topological polar surface area (TPSA) is 89.9 Å². The molecule has 2 aromatic rings. The standard InChI is InChI=1S/2C10H22.C9H9F3O.C8H9NO.C8H17N.2C4H10.2C3H8.C2H4O.C2H6.CH4O/c1-5-6-10(4)8-7-9(2)3;1-4-6-7-9-10(3)8-5-2;1-5-3-6(2)8(13)7(4-5)9(10,11)12;1-7-4-2-3-5-8(7)9-6-10;1-8-4-3-6-9(2)7-5-8;2*1-3-4-2;2*1-3-2;1-2-3;2*1-2/h9-10H,5-8H2,1-4H3;10H,4-9H2,1-3H3;3-4,13H,1-2H3;2-6H,1H3,(H,9,10);8H,3-7H2,1-2H3;2*3-4H2,1-2H3;2*3H2,1-2H3;2H,1H3;1-2H3;2H,1H3. The van der Waals surface area contributed by atoms with Crippen molar-refractivity contribution in [3.8, 4) is 5.75 Å². The zero-order chi connectivity index (χ0) is 59.1. The number of benzene rings is 2. The van der Waals surface area contributed by atoms with Gasteiger partial charge in [-0.15, -0.1) is 0 Å². The van der Waals surface area contributed by atoms with Gasteiger partial charge in [-0.25, -0.2) is 0 Å². The van der Waals surface area contributed by atoms with E-state index in [9.17, 15) is 18.0 Å². The zero-order valence-electron chi connectivity index (χ0n) is 53.1. The molecule has 3 atom stereocenters. The normalized spacial score (nSPS) is 12.7. The molecule has 0 saturated carbocycles. The molecule has 3 rings (SSSR count). The first-order chi connectivity index (χ1) is 34.5. The van der Waals surface area contributed by atoms with E-state index in [0.29, 0.717) is 12.0 Å². The van der Waals surface area contributed by atoms with E-state index in [1.807, 2.05) is 45.0 Å². The first kappa shape index (κ1) is 89.6. The van der Waals surface area contributed by atoms with Gasteiger partial charge in [0.05, 0.1) is 5.56 Å². The quantitative estimate of drug-likeness (QED) is 0.122. The van der Waals surface area contributed by atoms with Crippen molar-refractivity contribution in [2.24, 2.45) is 23.7 Å². The van der Waals surface area contributed by atoms with E-state index in [4.69, 9.17) is 15.0 Å². The number of amides is 1. The number of aromatic hydroxyl groups is 1. The molecule has 0 bridgehead atoms. The lowest BCUT2D eigenvalue weighted by molar-refractivity contribution is -0.138. The number of carbonyl (C=O) groups excluding carboxylic acids is 2. The Morgan fingerprint density at radius 1 is 0.658 bits per heavy atom. The lowest BCUT2D eigenvalue weighted by atomic mass is 9.96. The summed E-state index contributed by atoms with van der Waals surface area (Å²) in [5, 5.41) is 18.7. The van der Waals surface area contributed by atoms with Gasteiger partial charge in [0.1, 0.15) is 12.0 Å². The zero-order valence-corrected chi connectivity index (χ0v) is 53.1. The van der Waals surface area contributed by atoms with Crippen molar-refractivity contribution in [3.63, 3.8) is 0 Å². The minimum absolute atomic E-state index is 0.243. The van der Waals surface area contributed by atoms with Crippen LogP contribution in [0.4, 0.5) is 18.9 Å². The minimum Gasteiger partial charge on any atom is -0.507 e. The van der Waals surface area contributed by atoms with E-state index in [2.05, 4.69) is 128 Å². The predicted molar refractivity (Wildman–Crippen MR) is 325 cm³/mol. The summed E-state index contributed by atoms with van der Waals surface area (Å²) in [6.45, 7) is 48.8. The summed E-state index contributed by atoms with van der Waals surface area (Å²) in [5.74, 6) is 3.09. The maximum atomic E-state index is 12.2. The van der Waals surface area contributed by atoms with Crippen LogP contribution in [0.2, 0.25) is 0 Å². The number of aldehydes is 1. The minimum atomic E-state index is -4.49. The summed E-state index contributed by atoms with van der Waals surface area (Å²) in [4.78, 5) is 21.3. The van der Waals surface area contributed by atoms with Crippen molar-refractivity contribution >= 4 is 18.4 Å². The molecule has 440 valence electrons. The van der Waals surface area contributed by atoms with Gasteiger partial charge in [-0.1, -0.05) is 252 Å². The summed E-state index contributed by atoms with van der Waals surface area (Å²) in [5.41, 5.74) is 1.71. The lowest BCUT2D eigenvalue weighted by Gasteiger charge is -2.11. The maximum absolute atomic E-state index is 12.2. The first-order valence-electron chi connectivity index (χ1n) is 29.2. The number of aryl methyl sites for hydroxylation is 3. The van der Waals surface area contributed by atoms with Crippen LogP contribution >= 0.6 is 0 Å². The van der Waals surface area contributed by atoms with Crippen molar-refractivity contribution in [3.05, 3.63) is 58.7 Å². The largest absolute Gasteiger partial charge is 0.507 e. The number of nitrogens with one attached hydrogen (secondary N) is 1. The lowest BCUT2D eigenvalue weighted by Crippen LogP contribution is -2.18. The second kappa shape index (κ2) is 73.3. The maximum Gasteiger partial charge on any atom is 0.419 e. The van der Waals surface area contributed by atoms with Crippen LogP contribution in [0, 0.1) is 44.4 Å². The molecule has 3 unspecified atom stereocenters. The monoisotopic (exact) mass is 1050 g/mol. The molecular formula is C64H129F3N2O4. The average molecular weight is 1050 g/mol. The first-order valence-corrected chi connectivity index (χ1v) is 29.2. The third-order valence-corrected chi connectivity index (χ3v) is 10.5. The molecule has 3 N–H and O–H groups in total. The number of hydrogen-bond acceptors (Lipinski definition) is 5. The fraction of sp³-hybridized carbons (Fsp3) is 0.781. The average Bonchev–Trinajstić information content (AvgIpc) is 3.55. The van der Waals surface area contributed by atoms with Gasteiger partial charge >= 0.3 is 6.18 Å². The SMILES string of the molecule is CC.CC1CCCN(C)CC1.CC=O.CCC.CCC.CCCC.CCCC.CCCC(C)CCC(C)C.CCCCCC(C)CCC.CO.Cc1cc(C)c(O)c(C(F)(F)F)c1.Cc1ccccc1NC=O. The molecule has 9 heteroatoms. The van der Waals surface area contributed by atoms with Gasteiger partial charge in [0.15, 0.2) is 0 Å². The number of hydrogen-bond donors (Lipinski definition) is 3. The summed E-state index contributed by atoms with van der Waals surface area (Å²) >= 11 is 0. The highest BCUT2D eigenvalue weighted by molar-refractivity contribution is 5.73. The van der Waals surface area contributed by atoms with E-state index in [0.717, 1.165) is 54.4 Å². The molecule has 1 heterocycles. The van der Waals surface area contributed by atoms with Crippen molar-refractivity contribution in [2.75, 3.05) is 32.6 Å². The Kier molecular flexibility index (Phi) is 90.1. The van der Waals surface area contributed by atoms with Crippen molar-refractivity contribution < 1.29 is 33.0 Å². The van der Waals surface area contributed by atoms with Crippen LogP contribution in [-0.4, -0.2) is 55.1 Å². The highest BCUT2D eigenvalue weighted by Crippen LogP contribution is 2.38. The number of phenols is 1. The molecule has 2 aromatic carbocycles. The molecule has 73 heavy (non-hydrogen) atoms. The molecule has 0 aliphatic carbocycles. The Morgan fingerprint density at radius 3 is 1.47 bits per heavy atom. The Labute approximate surface area is 455 Å². The fourth-order valence-electron chi connectivity index (χ4n) is 6.02. The molecule has 1 aliphatic heterocycles. The van der Waals surface area contributed by atoms with E-state index in [1.54, 1.807) is 6.92 Å². The number of aliphatic hydroxyl groups excluding tert-OH is 1. The second-order valence-corrected chi connectivity index (χ2v) is 19.3. The van der Waals surface area contributed by atoms with Crippen LogP contribution in [-0.2, 0) is 15.8 Å². The summed E-state index contributed by atoms with van der Waals surface area (Å²) < 4.78 is 36.7. The van der Waals surface area contributed by atoms with Gasteiger partial charge in [0.25, 0.3) is 0 Å². The van der Waals surface area contributed by atoms with Gasteiger partial charge < -0.3 is 25.2 Å². The number of halogens is 3. The van der Waals surface area contributed by atoms with Crippen molar-refractivity contribution in [2.45, 2.75) is 280 Å². The van der Waals surface area contributed by atoms with Crippen molar-refractivity contribution in [1.29, 1.82) is 0 Å². The van der Waals surface area contributed by atoms with Crippen LogP contribution in [0.1, 0.15) is 276 Å². The number of nitrogens with zero attached hydrogens (tertiary/aromatic N) is 1. The molecule has 0 aromatic heterocycles. The van der Waals surface area contributed by atoms with Crippen LogP contribution < -0.4 is 5.32 Å². The van der Waals surface area contributed by atoms with Gasteiger partial charge in [-0.05, 0) is 120 Å². The number of anilines is 1. The predicted octanol–water partition coefficient (Wildman–Crippen LogP) is 21.5. The number of aliphatic hydroxyl groups is 1. The molecule has 1 aliphatic rings. The molecule has 1 fully saturated rings. The number of para-hydroxylation sites is 1. The molecule has 1 amide bonds. The Hall–Kier alpha value is -2.91. The highest BCUT2D eigenvalue weighted by atomic mass is 19.4. The third kappa shape index (κ3) is 80.7. The smallest absolute Gasteiger partial charge is 0.419 e. The molecule has 0 radical (unpaired) electrons. The van der Waals surface area contributed by atoms with Crippen LogP contribution in [0.25, 0.3) is 0 Å². The van der Waals surface area contributed by atoms with Gasteiger partial charge in [-0.3, -0.25) is 4.79 Å². The van der Waals surface area contributed by atoms with Gasteiger partial charge in [0, 0.05) is 12.8 Å². The van der Waals surface area contributed by atoms with Crippen LogP contribution in [0.3, 0.4) is 0 Å².